The van der Waals surface area contributed by atoms with Crippen LogP contribution in [0.5, 0.6) is 17.2 Å². The predicted octanol–water partition coefficient (Wildman–Crippen LogP) is 3.94. The van der Waals surface area contributed by atoms with Crippen LogP contribution >= 0.6 is 35.6 Å². The second-order valence-electron chi connectivity index (χ2n) is 5.52. The van der Waals surface area contributed by atoms with Crippen LogP contribution in [-0.4, -0.2) is 31.8 Å². The normalized spacial score (nSPS) is 10.7. The van der Waals surface area contributed by atoms with Gasteiger partial charge in [0.25, 0.3) is 0 Å². The van der Waals surface area contributed by atoms with E-state index in [1.54, 1.807) is 12.1 Å². The van der Waals surface area contributed by atoms with E-state index < -0.39 is 0 Å². The number of phenols is 1. The molecule has 0 aliphatic heterocycles. The van der Waals surface area contributed by atoms with Crippen LogP contribution in [0.15, 0.2) is 41.4 Å². The maximum Gasteiger partial charge on any atom is 0.200 e. The van der Waals surface area contributed by atoms with E-state index in [1.165, 1.54) is 14.2 Å². The number of aliphatic imine (C=N–C) groups is 1. The molecule has 148 valence electrons. The zero-order valence-corrected chi connectivity index (χ0v) is 18.7. The Balaban J connectivity index is 0.00000364. The molecule has 0 aromatic heterocycles. The van der Waals surface area contributed by atoms with E-state index in [4.69, 9.17) is 21.1 Å². The first-order valence-electron chi connectivity index (χ1n) is 8.27. The topological polar surface area (TPSA) is 75.1 Å². The molecule has 2 rings (SSSR count). The number of methoxy groups -OCH3 is 2. The second-order valence-corrected chi connectivity index (χ2v) is 5.96. The average Bonchev–Trinajstić information content (AvgIpc) is 2.66. The molecule has 6 nitrogen and oxygen atoms in total. The third-order valence-electron chi connectivity index (χ3n) is 3.68. The lowest BCUT2D eigenvalue weighted by molar-refractivity contribution is 0.339. The van der Waals surface area contributed by atoms with E-state index in [2.05, 4.69) is 15.6 Å². The number of nitrogens with zero attached hydrogens (tertiary/aromatic N) is 1. The number of phenolic OH excluding ortho intramolecular Hbond substituents is 1. The van der Waals surface area contributed by atoms with Gasteiger partial charge in [-0.1, -0.05) is 23.7 Å². The first kappa shape index (κ1) is 23.2. The number of rotatable bonds is 7. The summed E-state index contributed by atoms with van der Waals surface area (Å²) in [6.45, 7) is 3.79. The van der Waals surface area contributed by atoms with Crippen molar-refractivity contribution in [2.45, 2.75) is 20.0 Å². The standard InChI is InChI=1S/C19H24ClN3O3.HI/c1-4-21-19(22-11-13-5-7-15(20)8-6-13)23-12-14-9-16(25-2)18(24)17(10-14)26-3;/h5-10,24H,4,11-12H2,1-3H3,(H2,21,22,23);1H. The van der Waals surface area contributed by atoms with Gasteiger partial charge < -0.3 is 25.2 Å². The van der Waals surface area contributed by atoms with Gasteiger partial charge in [-0.3, -0.25) is 0 Å². The van der Waals surface area contributed by atoms with Crippen molar-refractivity contribution in [1.29, 1.82) is 0 Å². The van der Waals surface area contributed by atoms with Gasteiger partial charge in [-0.15, -0.1) is 24.0 Å². The number of hydrogen-bond donors (Lipinski definition) is 3. The van der Waals surface area contributed by atoms with Crippen LogP contribution in [0.3, 0.4) is 0 Å². The molecule has 2 aromatic rings. The Hall–Kier alpha value is -1.87. The highest BCUT2D eigenvalue weighted by Crippen LogP contribution is 2.37. The van der Waals surface area contributed by atoms with E-state index in [0.29, 0.717) is 35.6 Å². The summed E-state index contributed by atoms with van der Waals surface area (Å²) < 4.78 is 10.4. The molecule has 0 spiro atoms. The van der Waals surface area contributed by atoms with Crippen molar-refractivity contribution in [3.8, 4) is 17.2 Å². The molecular formula is C19H25ClIN3O3. The van der Waals surface area contributed by atoms with Crippen molar-refractivity contribution >= 4 is 41.5 Å². The zero-order chi connectivity index (χ0) is 18.9. The minimum Gasteiger partial charge on any atom is -0.502 e. The third kappa shape index (κ3) is 6.99. The molecule has 0 atom stereocenters. The summed E-state index contributed by atoms with van der Waals surface area (Å²) in [5.41, 5.74) is 1.97. The minimum absolute atomic E-state index is 0. The van der Waals surface area contributed by atoms with E-state index >= 15 is 0 Å². The number of guanidine groups is 1. The van der Waals surface area contributed by atoms with Crippen molar-refractivity contribution in [2.24, 2.45) is 4.99 Å². The van der Waals surface area contributed by atoms with Crippen LogP contribution in [0.1, 0.15) is 18.1 Å². The molecule has 2 aromatic carbocycles. The number of ether oxygens (including phenoxy) is 2. The van der Waals surface area contributed by atoms with Crippen LogP contribution in [-0.2, 0) is 13.1 Å². The lowest BCUT2D eigenvalue weighted by atomic mass is 10.2. The van der Waals surface area contributed by atoms with Gasteiger partial charge in [0.2, 0.25) is 5.75 Å². The maximum absolute atomic E-state index is 9.98. The monoisotopic (exact) mass is 505 g/mol. The van der Waals surface area contributed by atoms with Crippen molar-refractivity contribution in [3.05, 3.63) is 52.5 Å². The van der Waals surface area contributed by atoms with Gasteiger partial charge in [-0.05, 0) is 42.3 Å². The van der Waals surface area contributed by atoms with E-state index in [-0.39, 0.29) is 29.7 Å². The lowest BCUT2D eigenvalue weighted by Gasteiger charge is -2.13. The van der Waals surface area contributed by atoms with Gasteiger partial charge in [-0.25, -0.2) is 4.99 Å². The smallest absolute Gasteiger partial charge is 0.200 e. The maximum atomic E-state index is 9.98. The summed E-state index contributed by atoms with van der Waals surface area (Å²) >= 11 is 5.91. The lowest BCUT2D eigenvalue weighted by Crippen LogP contribution is -2.36. The number of halogens is 2. The molecule has 3 N–H and O–H groups in total. The molecule has 8 heteroatoms. The van der Waals surface area contributed by atoms with Crippen molar-refractivity contribution in [1.82, 2.24) is 10.6 Å². The summed E-state index contributed by atoms with van der Waals surface area (Å²) in [4.78, 5) is 4.57. The number of hydrogen-bond acceptors (Lipinski definition) is 4. The number of benzene rings is 2. The summed E-state index contributed by atoms with van der Waals surface area (Å²) in [5.74, 6) is 1.38. The van der Waals surface area contributed by atoms with Crippen LogP contribution in [0, 0.1) is 0 Å². The molecule has 0 saturated heterocycles. The predicted molar refractivity (Wildman–Crippen MR) is 120 cm³/mol. The van der Waals surface area contributed by atoms with Gasteiger partial charge in [0, 0.05) is 18.1 Å². The first-order valence-corrected chi connectivity index (χ1v) is 8.65. The number of nitrogens with one attached hydrogen (secondary N) is 2. The first-order chi connectivity index (χ1) is 12.6. The van der Waals surface area contributed by atoms with E-state index in [9.17, 15) is 5.11 Å². The van der Waals surface area contributed by atoms with Crippen LogP contribution in [0.4, 0.5) is 0 Å². The largest absolute Gasteiger partial charge is 0.502 e. The molecular weight excluding hydrogens is 481 g/mol. The highest BCUT2D eigenvalue weighted by molar-refractivity contribution is 14.0. The van der Waals surface area contributed by atoms with Crippen molar-refractivity contribution in [3.63, 3.8) is 0 Å². The molecule has 0 fully saturated rings. The Morgan fingerprint density at radius 1 is 1.04 bits per heavy atom. The fourth-order valence-electron chi connectivity index (χ4n) is 2.34. The van der Waals surface area contributed by atoms with E-state index in [1.807, 2.05) is 31.2 Å². The Bertz CT molecular complexity index is 729. The molecule has 0 radical (unpaired) electrons. The molecule has 0 bridgehead atoms. The Morgan fingerprint density at radius 3 is 2.15 bits per heavy atom. The molecule has 0 amide bonds. The summed E-state index contributed by atoms with van der Waals surface area (Å²) in [6.07, 6.45) is 0. The van der Waals surface area contributed by atoms with Crippen LogP contribution in [0.2, 0.25) is 5.02 Å². The number of aromatic hydroxyl groups is 1. The average molecular weight is 506 g/mol. The fourth-order valence-corrected chi connectivity index (χ4v) is 2.47. The molecule has 0 aliphatic carbocycles. The summed E-state index contributed by atoms with van der Waals surface area (Å²) in [5, 5.41) is 17.2. The van der Waals surface area contributed by atoms with Crippen molar-refractivity contribution < 1.29 is 14.6 Å². The highest BCUT2D eigenvalue weighted by atomic mass is 127. The summed E-state index contributed by atoms with van der Waals surface area (Å²) in [7, 11) is 3.00. The Labute approximate surface area is 182 Å². The molecule has 0 aliphatic rings. The highest BCUT2D eigenvalue weighted by Gasteiger charge is 2.11. The molecule has 0 heterocycles. The van der Waals surface area contributed by atoms with Crippen LogP contribution in [0.25, 0.3) is 0 Å². The SMILES string of the molecule is CCNC(=NCc1cc(OC)c(O)c(OC)c1)NCc1ccc(Cl)cc1.I. The van der Waals surface area contributed by atoms with Gasteiger partial charge in [0.15, 0.2) is 17.5 Å². The molecule has 0 saturated carbocycles. The van der Waals surface area contributed by atoms with Gasteiger partial charge in [0.05, 0.1) is 20.8 Å². The van der Waals surface area contributed by atoms with Gasteiger partial charge in [0.1, 0.15) is 0 Å². The van der Waals surface area contributed by atoms with Crippen LogP contribution < -0.4 is 20.1 Å². The molecule has 27 heavy (non-hydrogen) atoms. The van der Waals surface area contributed by atoms with Gasteiger partial charge >= 0.3 is 0 Å². The second kappa shape index (κ2) is 11.8. The quantitative estimate of drug-likeness (QED) is 0.302. The Morgan fingerprint density at radius 2 is 1.63 bits per heavy atom. The Kier molecular flexibility index (Phi) is 10.1. The fraction of sp³-hybridized carbons (Fsp3) is 0.316. The zero-order valence-electron chi connectivity index (χ0n) is 15.6. The minimum atomic E-state index is -0.0181. The van der Waals surface area contributed by atoms with Crippen molar-refractivity contribution in [2.75, 3.05) is 20.8 Å². The third-order valence-corrected chi connectivity index (χ3v) is 3.93. The van der Waals surface area contributed by atoms with Gasteiger partial charge in [-0.2, -0.15) is 0 Å². The summed E-state index contributed by atoms with van der Waals surface area (Å²) in [6, 6.07) is 11.1. The van der Waals surface area contributed by atoms with E-state index in [0.717, 1.165) is 17.7 Å². The molecule has 0 unspecified atom stereocenters.